The first kappa shape index (κ1) is 8.94. The van der Waals surface area contributed by atoms with Crippen LogP contribution in [0.4, 0.5) is 0 Å². The molecule has 0 aliphatic rings. The quantitative estimate of drug-likeness (QED) is 0.416. The van der Waals surface area contributed by atoms with E-state index in [9.17, 15) is 0 Å². The number of oxazole rings is 1. The number of aromatic nitrogens is 1. The molecule has 0 aromatic carbocycles. The molecule has 0 unspecified atom stereocenters. The van der Waals surface area contributed by atoms with Crippen LogP contribution in [0.5, 0.6) is 0 Å². The van der Waals surface area contributed by atoms with E-state index in [0.29, 0.717) is 5.88 Å². The third-order valence-electron chi connectivity index (χ3n) is 1.10. The molecule has 0 fully saturated rings. The molecule has 0 aliphatic heterocycles. The van der Waals surface area contributed by atoms with Crippen LogP contribution in [0.25, 0.3) is 0 Å². The van der Waals surface area contributed by atoms with Gasteiger partial charge in [0, 0.05) is 11.6 Å². The van der Waals surface area contributed by atoms with E-state index in [-0.39, 0.29) is 0 Å². The molecule has 1 rings (SSSR count). The Hall–Kier alpha value is -0.150. The van der Waals surface area contributed by atoms with Gasteiger partial charge in [-0.1, -0.05) is 11.8 Å². The molecule has 0 bridgehead atoms. The third kappa shape index (κ3) is 3.16. The number of alkyl halides is 1. The first-order valence-corrected chi connectivity index (χ1v) is 4.96. The van der Waals surface area contributed by atoms with Crippen LogP contribution < -0.4 is 0 Å². The fraction of sp³-hybridized carbons (Fsp3) is 0.571. The van der Waals surface area contributed by atoms with Crippen molar-refractivity contribution in [3.8, 4) is 0 Å². The van der Waals surface area contributed by atoms with E-state index in [4.69, 9.17) is 16.0 Å². The lowest BCUT2D eigenvalue weighted by Crippen LogP contribution is -1.80. The van der Waals surface area contributed by atoms with Gasteiger partial charge in [-0.05, 0) is 13.3 Å². The highest BCUT2D eigenvalue weighted by atomic mass is 35.5. The van der Waals surface area contributed by atoms with Gasteiger partial charge in [0.05, 0.1) is 5.69 Å². The van der Waals surface area contributed by atoms with E-state index in [1.54, 1.807) is 18.0 Å². The van der Waals surface area contributed by atoms with Crippen LogP contribution in [0.1, 0.15) is 12.1 Å². The summed E-state index contributed by atoms with van der Waals surface area (Å²) in [5, 5.41) is 0.743. The smallest absolute Gasteiger partial charge is 0.255 e. The van der Waals surface area contributed by atoms with Crippen molar-refractivity contribution < 1.29 is 4.42 Å². The molecule has 0 radical (unpaired) electrons. The SMILES string of the molecule is Cc1coc(SCCCCl)n1. The predicted molar refractivity (Wildman–Crippen MR) is 47.3 cm³/mol. The van der Waals surface area contributed by atoms with Gasteiger partial charge in [-0.3, -0.25) is 0 Å². The van der Waals surface area contributed by atoms with E-state index in [1.165, 1.54) is 0 Å². The molecule has 62 valence electrons. The molecule has 0 saturated heterocycles. The van der Waals surface area contributed by atoms with E-state index >= 15 is 0 Å². The Morgan fingerprint density at radius 3 is 3.09 bits per heavy atom. The van der Waals surface area contributed by atoms with Crippen molar-refractivity contribution in [3.05, 3.63) is 12.0 Å². The van der Waals surface area contributed by atoms with Gasteiger partial charge in [0.25, 0.3) is 5.22 Å². The molecule has 0 spiro atoms. The molecule has 0 saturated carbocycles. The van der Waals surface area contributed by atoms with E-state index in [1.807, 2.05) is 6.92 Å². The predicted octanol–water partition coefficient (Wildman–Crippen LogP) is 2.70. The number of hydrogen-bond donors (Lipinski definition) is 0. The van der Waals surface area contributed by atoms with Gasteiger partial charge in [-0.15, -0.1) is 11.6 Å². The summed E-state index contributed by atoms with van der Waals surface area (Å²) in [6.45, 7) is 1.91. The fourth-order valence-electron chi connectivity index (χ4n) is 0.613. The molecule has 1 aromatic rings. The topological polar surface area (TPSA) is 26.0 Å². The summed E-state index contributed by atoms with van der Waals surface area (Å²) in [4.78, 5) is 4.14. The van der Waals surface area contributed by atoms with Gasteiger partial charge >= 0.3 is 0 Å². The maximum absolute atomic E-state index is 5.51. The van der Waals surface area contributed by atoms with Gasteiger partial charge < -0.3 is 4.42 Å². The average Bonchev–Trinajstić information content (AvgIpc) is 2.37. The molecule has 11 heavy (non-hydrogen) atoms. The molecule has 1 aromatic heterocycles. The summed E-state index contributed by atoms with van der Waals surface area (Å²) in [6.07, 6.45) is 2.65. The molecule has 0 atom stereocenters. The second-order valence-corrected chi connectivity index (χ2v) is 3.57. The number of thioether (sulfide) groups is 1. The Bertz CT molecular complexity index is 214. The van der Waals surface area contributed by atoms with Gasteiger partial charge in [-0.2, -0.15) is 0 Å². The van der Waals surface area contributed by atoms with Crippen LogP contribution in [0, 0.1) is 6.92 Å². The van der Waals surface area contributed by atoms with Gasteiger partial charge in [0.2, 0.25) is 0 Å². The van der Waals surface area contributed by atoms with Gasteiger partial charge in [0.15, 0.2) is 0 Å². The van der Waals surface area contributed by atoms with E-state index in [2.05, 4.69) is 4.98 Å². The molecule has 0 aliphatic carbocycles. The lowest BCUT2D eigenvalue weighted by atomic mass is 10.6. The zero-order valence-electron chi connectivity index (χ0n) is 6.34. The standard InChI is InChI=1S/C7H10ClNOS/c1-6-5-10-7(9-6)11-4-2-3-8/h5H,2-4H2,1H3. The van der Waals surface area contributed by atoms with Crippen molar-refractivity contribution in [2.75, 3.05) is 11.6 Å². The molecule has 0 amide bonds. The molecule has 4 heteroatoms. The second-order valence-electron chi connectivity index (χ2n) is 2.15. The Labute approximate surface area is 75.3 Å². The summed E-state index contributed by atoms with van der Waals surface area (Å²) in [5.41, 5.74) is 0.929. The number of rotatable bonds is 4. The van der Waals surface area contributed by atoms with Crippen molar-refractivity contribution >= 4 is 23.4 Å². The van der Waals surface area contributed by atoms with Crippen LogP contribution >= 0.6 is 23.4 Å². The maximum Gasteiger partial charge on any atom is 0.255 e. The summed E-state index contributed by atoms with van der Waals surface area (Å²) in [5.74, 6) is 1.68. The summed E-state index contributed by atoms with van der Waals surface area (Å²) in [7, 11) is 0. The summed E-state index contributed by atoms with van der Waals surface area (Å²) >= 11 is 7.11. The number of nitrogens with zero attached hydrogens (tertiary/aromatic N) is 1. The largest absolute Gasteiger partial charge is 0.440 e. The Morgan fingerprint density at radius 1 is 1.73 bits per heavy atom. The summed E-state index contributed by atoms with van der Waals surface area (Å²) < 4.78 is 5.12. The van der Waals surface area contributed by atoms with Crippen LogP contribution in [0.3, 0.4) is 0 Å². The Balaban J connectivity index is 2.27. The minimum atomic E-state index is 0.701. The highest BCUT2D eigenvalue weighted by molar-refractivity contribution is 7.99. The molecular weight excluding hydrogens is 182 g/mol. The normalized spacial score (nSPS) is 10.4. The van der Waals surface area contributed by atoms with Crippen LogP contribution in [-0.2, 0) is 0 Å². The zero-order chi connectivity index (χ0) is 8.10. The molecular formula is C7H10ClNOS. The van der Waals surface area contributed by atoms with Crippen molar-refractivity contribution in [2.45, 2.75) is 18.6 Å². The van der Waals surface area contributed by atoms with Crippen molar-refractivity contribution in [1.82, 2.24) is 4.98 Å². The fourth-order valence-corrected chi connectivity index (χ4v) is 1.69. The van der Waals surface area contributed by atoms with E-state index < -0.39 is 0 Å². The van der Waals surface area contributed by atoms with Crippen LogP contribution in [-0.4, -0.2) is 16.6 Å². The molecule has 1 heterocycles. The number of hydrogen-bond acceptors (Lipinski definition) is 3. The Kier molecular flexibility index (Phi) is 3.80. The minimum Gasteiger partial charge on any atom is -0.440 e. The molecule has 0 N–H and O–H groups in total. The Morgan fingerprint density at radius 2 is 2.55 bits per heavy atom. The lowest BCUT2D eigenvalue weighted by molar-refractivity contribution is 0.454. The number of halogens is 1. The monoisotopic (exact) mass is 191 g/mol. The van der Waals surface area contributed by atoms with E-state index in [0.717, 1.165) is 23.1 Å². The third-order valence-corrected chi connectivity index (χ3v) is 2.30. The molecule has 2 nitrogen and oxygen atoms in total. The zero-order valence-corrected chi connectivity index (χ0v) is 7.91. The second kappa shape index (κ2) is 4.67. The number of aryl methyl sites for hydroxylation is 1. The highest BCUT2D eigenvalue weighted by Crippen LogP contribution is 2.17. The van der Waals surface area contributed by atoms with Gasteiger partial charge in [-0.25, -0.2) is 4.98 Å². The minimum absolute atomic E-state index is 0.701. The van der Waals surface area contributed by atoms with Crippen molar-refractivity contribution in [1.29, 1.82) is 0 Å². The first-order chi connectivity index (χ1) is 5.33. The average molecular weight is 192 g/mol. The lowest BCUT2D eigenvalue weighted by Gasteiger charge is -1.91. The maximum atomic E-state index is 5.51. The van der Waals surface area contributed by atoms with Crippen LogP contribution in [0.15, 0.2) is 15.9 Å². The van der Waals surface area contributed by atoms with Crippen molar-refractivity contribution in [3.63, 3.8) is 0 Å². The van der Waals surface area contributed by atoms with Crippen LogP contribution in [0.2, 0.25) is 0 Å². The van der Waals surface area contributed by atoms with Crippen molar-refractivity contribution in [2.24, 2.45) is 0 Å². The first-order valence-electron chi connectivity index (χ1n) is 3.44. The summed E-state index contributed by atoms with van der Waals surface area (Å²) in [6, 6.07) is 0. The van der Waals surface area contributed by atoms with Gasteiger partial charge in [0.1, 0.15) is 6.26 Å². The highest BCUT2D eigenvalue weighted by Gasteiger charge is 1.99.